The van der Waals surface area contributed by atoms with Gasteiger partial charge in [-0.2, -0.15) is 0 Å². The molecule has 0 radical (unpaired) electrons. The van der Waals surface area contributed by atoms with E-state index in [-0.39, 0.29) is 12.3 Å². The van der Waals surface area contributed by atoms with Crippen molar-refractivity contribution >= 4 is 11.4 Å². The number of nitrogens with two attached hydrogens (primary N) is 1. The van der Waals surface area contributed by atoms with Gasteiger partial charge < -0.3 is 16.1 Å². The molecule has 150 valence electrons. The minimum absolute atomic E-state index is 0.0133. The Morgan fingerprint density at radius 3 is 2.10 bits per heavy atom. The highest BCUT2D eigenvalue weighted by Crippen LogP contribution is 2.29. The Morgan fingerprint density at radius 1 is 0.700 bits per heavy atom. The van der Waals surface area contributed by atoms with Crippen LogP contribution in [0.1, 0.15) is 34.6 Å². The number of hydrogen-bond donors (Lipinski definition) is 5. The maximum atomic E-state index is 6.25. The largest absolute Gasteiger partial charge is 0.363 e. The van der Waals surface area contributed by atoms with Crippen molar-refractivity contribution in [2.45, 2.75) is 12.3 Å². The first-order chi connectivity index (χ1) is 14.8. The molecule has 0 spiro atoms. The van der Waals surface area contributed by atoms with Gasteiger partial charge in [0.25, 0.3) is 0 Å². The zero-order valence-corrected chi connectivity index (χ0v) is 16.4. The predicted octanol–water partition coefficient (Wildman–Crippen LogP) is 3.16. The van der Waals surface area contributed by atoms with Crippen LogP contribution in [0.25, 0.3) is 11.4 Å². The molecule has 6 nitrogen and oxygen atoms in total. The Bertz CT molecular complexity index is 1060. The number of hydrogen-bond acceptors (Lipinski definition) is 6. The summed E-state index contributed by atoms with van der Waals surface area (Å²) in [4.78, 5) is 0. The molecule has 2 aliphatic rings. The monoisotopic (exact) mass is 396 g/mol. The standard InChI is InChI=1S/C24H24N6/c25-30-16-22(28-24(30)18-10-5-2-6-11-18)20-13-7-12-19(14-20)21-15-26-29-23(27-21)17-8-3-1-4-9-17/h1-16,23-24,26-29H,25H2. The predicted molar refractivity (Wildman–Crippen MR) is 119 cm³/mol. The molecular formula is C24H24N6. The molecule has 6 N–H and O–H groups in total. The van der Waals surface area contributed by atoms with E-state index in [0.29, 0.717) is 0 Å². The lowest BCUT2D eigenvalue weighted by Gasteiger charge is -2.28. The Morgan fingerprint density at radius 2 is 1.37 bits per heavy atom. The van der Waals surface area contributed by atoms with Crippen LogP contribution in [0.15, 0.2) is 97.3 Å². The lowest BCUT2D eigenvalue weighted by Crippen LogP contribution is -2.44. The van der Waals surface area contributed by atoms with E-state index in [0.717, 1.165) is 33.6 Å². The van der Waals surface area contributed by atoms with E-state index in [2.05, 4.69) is 70.0 Å². The van der Waals surface area contributed by atoms with Gasteiger partial charge in [-0.3, -0.25) is 5.01 Å². The molecule has 5 rings (SSSR count). The molecule has 3 aromatic carbocycles. The van der Waals surface area contributed by atoms with E-state index in [1.165, 1.54) is 0 Å². The maximum Gasteiger partial charge on any atom is 0.139 e. The summed E-state index contributed by atoms with van der Waals surface area (Å²) in [5.74, 6) is 6.25. The van der Waals surface area contributed by atoms with Gasteiger partial charge in [-0.1, -0.05) is 78.9 Å². The van der Waals surface area contributed by atoms with Gasteiger partial charge in [-0.15, -0.1) is 0 Å². The number of nitrogens with zero attached hydrogens (tertiary/aromatic N) is 1. The Labute approximate surface area is 176 Å². The second kappa shape index (κ2) is 7.94. The van der Waals surface area contributed by atoms with E-state index >= 15 is 0 Å². The van der Waals surface area contributed by atoms with Crippen molar-refractivity contribution in [2.24, 2.45) is 5.84 Å². The van der Waals surface area contributed by atoms with Gasteiger partial charge in [0.15, 0.2) is 0 Å². The molecule has 0 fully saturated rings. The van der Waals surface area contributed by atoms with Crippen LogP contribution in [0.3, 0.4) is 0 Å². The molecule has 0 aliphatic carbocycles. The van der Waals surface area contributed by atoms with E-state index < -0.39 is 0 Å². The lowest BCUT2D eigenvalue weighted by atomic mass is 10.0. The SMILES string of the molecule is NN1C=C(c2cccc(C3=CNNC(c4ccccc4)N3)c2)NC1c1ccccc1. The molecule has 0 amide bonds. The zero-order valence-electron chi connectivity index (χ0n) is 16.4. The summed E-state index contributed by atoms with van der Waals surface area (Å²) in [5, 5.41) is 8.81. The molecule has 2 heterocycles. The molecule has 0 aromatic heterocycles. The molecule has 6 heteroatoms. The first kappa shape index (κ1) is 18.3. The van der Waals surface area contributed by atoms with Gasteiger partial charge in [-0.05, 0) is 28.3 Å². The third kappa shape index (κ3) is 3.61. The summed E-state index contributed by atoms with van der Waals surface area (Å²) in [5.41, 5.74) is 12.9. The number of benzene rings is 3. The van der Waals surface area contributed by atoms with Crippen LogP contribution in [0.4, 0.5) is 0 Å². The highest BCUT2D eigenvalue weighted by atomic mass is 15.5. The first-order valence-corrected chi connectivity index (χ1v) is 9.98. The molecule has 2 atom stereocenters. The van der Waals surface area contributed by atoms with Gasteiger partial charge in [0.2, 0.25) is 0 Å². The van der Waals surface area contributed by atoms with Crippen molar-refractivity contribution in [2.75, 3.05) is 0 Å². The first-order valence-electron chi connectivity index (χ1n) is 9.98. The van der Waals surface area contributed by atoms with Crippen molar-refractivity contribution in [3.63, 3.8) is 0 Å². The normalized spacial score (nSPS) is 20.5. The minimum Gasteiger partial charge on any atom is -0.363 e. The molecule has 30 heavy (non-hydrogen) atoms. The Balaban J connectivity index is 1.36. The summed E-state index contributed by atoms with van der Waals surface area (Å²) in [6.07, 6.45) is 3.80. The maximum absolute atomic E-state index is 6.25. The van der Waals surface area contributed by atoms with Crippen molar-refractivity contribution in [1.29, 1.82) is 0 Å². The molecule has 0 saturated carbocycles. The van der Waals surface area contributed by atoms with Gasteiger partial charge >= 0.3 is 0 Å². The van der Waals surface area contributed by atoms with Crippen molar-refractivity contribution in [3.8, 4) is 0 Å². The highest BCUT2D eigenvalue weighted by molar-refractivity contribution is 5.72. The van der Waals surface area contributed by atoms with Crippen LogP contribution in [0.2, 0.25) is 0 Å². The summed E-state index contributed by atoms with van der Waals surface area (Å²) in [6.45, 7) is 0. The number of rotatable bonds is 4. The van der Waals surface area contributed by atoms with Crippen LogP contribution < -0.4 is 27.3 Å². The second-order valence-corrected chi connectivity index (χ2v) is 7.36. The van der Waals surface area contributed by atoms with Gasteiger partial charge in [0.05, 0.1) is 11.4 Å². The molecule has 3 aromatic rings. The van der Waals surface area contributed by atoms with Crippen LogP contribution in [-0.4, -0.2) is 5.01 Å². The van der Waals surface area contributed by atoms with Crippen molar-refractivity contribution < 1.29 is 0 Å². The van der Waals surface area contributed by atoms with E-state index in [4.69, 9.17) is 5.84 Å². The van der Waals surface area contributed by atoms with E-state index in [1.54, 1.807) is 5.01 Å². The number of hydrazine groups is 2. The number of nitrogens with one attached hydrogen (secondary N) is 4. The fourth-order valence-electron chi connectivity index (χ4n) is 3.79. The van der Waals surface area contributed by atoms with Crippen molar-refractivity contribution in [1.82, 2.24) is 26.5 Å². The van der Waals surface area contributed by atoms with Gasteiger partial charge in [0, 0.05) is 12.4 Å². The van der Waals surface area contributed by atoms with Crippen LogP contribution >= 0.6 is 0 Å². The van der Waals surface area contributed by atoms with Gasteiger partial charge in [0.1, 0.15) is 12.3 Å². The molecule has 2 unspecified atom stereocenters. The highest BCUT2D eigenvalue weighted by Gasteiger charge is 2.24. The molecule has 2 aliphatic heterocycles. The average Bonchev–Trinajstić information content (AvgIpc) is 3.22. The molecular weight excluding hydrogens is 372 g/mol. The average molecular weight is 396 g/mol. The summed E-state index contributed by atoms with van der Waals surface area (Å²) in [6, 6.07) is 28.9. The molecule has 0 saturated heterocycles. The Hall–Kier alpha value is -3.74. The van der Waals surface area contributed by atoms with Crippen LogP contribution in [0, 0.1) is 0 Å². The Kier molecular flexibility index (Phi) is 4.85. The fourth-order valence-corrected chi connectivity index (χ4v) is 3.79. The molecule has 0 bridgehead atoms. The fraction of sp³-hybridized carbons (Fsp3) is 0.0833. The zero-order chi connectivity index (χ0) is 20.3. The lowest BCUT2D eigenvalue weighted by molar-refractivity contribution is 0.294. The topological polar surface area (TPSA) is 77.4 Å². The van der Waals surface area contributed by atoms with E-state index in [9.17, 15) is 0 Å². The quantitative estimate of drug-likeness (QED) is 0.436. The van der Waals surface area contributed by atoms with E-state index in [1.807, 2.05) is 48.8 Å². The summed E-state index contributed by atoms with van der Waals surface area (Å²) < 4.78 is 0. The van der Waals surface area contributed by atoms with Crippen LogP contribution in [0.5, 0.6) is 0 Å². The smallest absolute Gasteiger partial charge is 0.139 e. The van der Waals surface area contributed by atoms with Crippen molar-refractivity contribution in [3.05, 3.63) is 120 Å². The van der Waals surface area contributed by atoms with Gasteiger partial charge in [-0.25, -0.2) is 11.3 Å². The third-order valence-corrected chi connectivity index (χ3v) is 5.35. The summed E-state index contributed by atoms with van der Waals surface area (Å²) >= 11 is 0. The minimum atomic E-state index is -0.0785. The third-order valence-electron chi connectivity index (χ3n) is 5.35. The summed E-state index contributed by atoms with van der Waals surface area (Å²) in [7, 11) is 0. The second-order valence-electron chi connectivity index (χ2n) is 7.36. The van der Waals surface area contributed by atoms with Crippen LogP contribution in [-0.2, 0) is 0 Å².